The summed E-state index contributed by atoms with van der Waals surface area (Å²) in [5, 5.41) is 7.38. The third-order valence-corrected chi connectivity index (χ3v) is 2.94. The molecular weight excluding hydrogens is 176 g/mol. The molecule has 1 aromatic heterocycles. The van der Waals surface area contributed by atoms with Crippen LogP contribution in [0.2, 0.25) is 0 Å². The molecule has 4 nitrogen and oxygen atoms in total. The summed E-state index contributed by atoms with van der Waals surface area (Å²) in [6.45, 7) is 1.86. The van der Waals surface area contributed by atoms with Crippen LogP contribution >= 0.6 is 0 Å². The molecule has 1 saturated carbocycles. The SMILES string of the molecule is CNCc1ncnn1CC1CCCC1. The molecule has 1 aromatic rings. The number of nitrogens with one attached hydrogen (secondary N) is 1. The summed E-state index contributed by atoms with van der Waals surface area (Å²) in [4.78, 5) is 4.24. The zero-order valence-electron chi connectivity index (χ0n) is 8.74. The Labute approximate surface area is 84.7 Å². The number of hydrogen-bond donors (Lipinski definition) is 1. The van der Waals surface area contributed by atoms with Gasteiger partial charge in [-0.15, -0.1) is 0 Å². The Balaban J connectivity index is 1.96. The van der Waals surface area contributed by atoms with E-state index in [9.17, 15) is 0 Å². The van der Waals surface area contributed by atoms with Gasteiger partial charge in [0.2, 0.25) is 0 Å². The molecular formula is C10H18N4. The van der Waals surface area contributed by atoms with Crippen molar-refractivity contribution in [2.45, 2.75) is 38.8 Å². The first-order valence-corrected chi connectivity index (χ1v) is 5.41. The first-order valence-electron chi connectivity index (χ1n) is 5.41. The lowest BCUT2D eigenvalue weighted by molar-refractivity contribution is 0.414. The Hall–Kier alpha value is -0.900. The summed E-state index contributed by atoms with van der Waals surface area (Å²) in [6, 6.07) is 0. The molecule has 1 fully saturated rings. The van der Waals surface area contributed by atoms with Gasteiger partial charge in [-0.3, -0.25) is 0 Å². The molecule has 0 radical (unpaired) electrons. The zero-order chi connectivity index (χ0) is 9.80. The van der Waals surface area contributed by atoms with Crippen LogP contribution in [-0.2, 0) is 13.1 Å². The van der Waals surface area contributed by atoms with Crippen molar-refractivity contribution in [3.63, 3.8) is 0 Å². The van der Waals surface area contributed by atoms with Crippen LogP contribution in [0.1, 0.15) is 31.5 Å². The number of nitrogens with zero attached hydrogens (tertiary/aromatic N) is 3. The van der Waals surface area contributed by atoms with E-state index in [0.29, 0.717) is 0 Å². The van der Waals surface area contributed by atoms with Gasteiger partial charge in [0.05, 0.1) is 6.54 Å². The maximum absolute atomic E-state index is 4.26. The van der Waals surface area contributed by atoms with Crippen LogP contribution in [0.3, 0.4) is 0 Å². The maximum Gasteiger partial charge on any atom is 0.140 e. The van der Waals surface area contributed by atoms with E-state index in [2.05, 4.69) is 15.4 Å². The summed E-state index contributed by atoms with van der Waals surface area (Å²) in [6.07, 6.45) is 7.15. The highest BCUT2D eigenvalue weighted by molar-refractivity contribution is 4.84. The highest BCUT2D eigenvalue weighted by atomic mass is 15.3. The second-order valence-electron chi connectivity index (χ2n) is 4.04. The Morgan fingerprint density at radius 2 is 2.29 bits per heavy atom. The molecule has 0 unspecified atom stereocenters. The van der Waals surface area contributed by atoms with Crippen molar-refractivity contribution in [3.05, 3.63) is 12.2 Å². The lowest BCUT2D eigenvalue weighted by atomic mass is 10.1. The van der Waals surface area contributed by atoms with Crippen LogP contribution in [0.5, 0.6) is 0 Å². The van der Waals surface area contributed by atoms with Crippen LogP contribution in [-0.4, -0.2) is 21.8 Å². The molecule has 0 spiro atoms. The molecule has 0 aliphatic heterocycles. The van der Waals surface area contributed by atoms with Crippen LogP contribution in [0.15, 0.2) is 6.33 Å². The fourth-order valence-electron chi connectivity index (χ4n) is 2.17. The monoisotopic (exact) mass is 194 g/mol. The maximum atomic E-state index is 4.26. The molecule has 1 aliphatic rings. The van der Waals surface area contributed by atoms with Gasteiger partial charge in [-0.05, 0) is 25.8 Å². The topological polar surface area (TPSA) is 42.7 Å². The van der Waals surface area contributed by atoms with Gasteiger partial charge in [0, 0.05) is 6.54 Å². The summed E-state index contributed by atoms with van der Waals surface area (Å²) in [7, 11) is 1.94. The lowest BCUT2D eigenvalue weighted by Gasteiger charge is -2.10. The van der Waals surface area contributed by atoms with Gasteiger partial charge in [-0.1, -0.05) is 12.8 Å². The quantitative estimate of drug-likeness (QED) is 0.783. The van der Waals surface area contributed by atoms with Gasteiger partial charge in [-0.2, -0.15) is 5.10 Å². The van der Waals surface area contributed by atoms with Crippen molar-refractivity contribution in [2.75, 3.05) is 7.05 Å². The van der Waals surface area contributed by atoms with E-state index >= 15 is 0 Å². The van der Waals surface area contributed by atoms with E-state index in [1.807, 2.05) is 11.7 Å². The molecule has 1 N–H and O–H groups in total. The average molecular weight is 194 g/mol. The normalized spacial score (nSPS) is 17.8. The van der Waals surface area contributed by atoms with Crippen molar-refractivity contribution >= 4 is 0 Å². The largest absolute Gasteiger partial charge is 0.313 e. The van der Waals surface area contributed by atoms with E-state index in [1.54, 1.807) is 6.33 Å². The number of aromatic nitrogens is 3. The van der Waals surface area contributed by atoms with Gasteiger partial charge in [0.15, 0.2) is 0 Å². The molecule has 14 heavy (non-hydrogen) atoms. The molecule has 0 atom stereocenters. The summed E-state index contributed by atoms with van der Waals surface area (Å²) in [5.74, 6) is 1.88. The first kappa shape index (κ1) is 9.65. The van der Waals surface area contributed by atoms with E-state index in [1.165, 1.54) is 25.7 Å². The highest BCUT2D eigenvalue weighted by Gasteiger charge is 2.17. The van der Waals surface area contributed by atoms with Gasteiger partial charge in [-0.25, -0.2) is 9.67 Å². The molecule has 78 valence electrons. The number of hydrogen-bond acceptors (Lipinski definition) is 3. The van der Waals surface area contributed by atoms with Gasteiger partial charge in [0.25, 0.3) is 0 Å². The van der Waals surface area contributed by atoms with E-state index < -0.39 is 0 Å². The highest BCUT2D eigenvalue weighted by Crippen LogP contribution is 2.25. The predicted molar refractivity (Wildman–Crippen MR) is 54.7 cm³/mol. The molecule has 1 aliphatic carbocycles. The minimum atomic E-state index is 0.812. The van der Waals surface area contributed by atoms with Crippen LogP contribution in [0.25, 0.3) is 0 Å². The number of rotatable bonds is 4. The predicted octanol–water partition coefficient (Wildman–Crippen LogP) is 1.19. The Kier molecular flexibility index (Phi) is 3.14. The average Bonchev–Trinajstić information content (AvgIpc) is 2.80. The zero-order valence-corrected chi connectivity index (χ0v) is 8.74. The summed E-state index contributed by atoms with van der Waals surface area (Å²) in [5.41, 5.74) is 0. The fourth-order valence-corrected chi connectivity index (χ4v) is 2.17. The molecule has 2 rings (SSSR count). The fraction of sp³-hybridized carbons (Fsp3) is 0.800. The summed E-state index contributed by atoms with van der Waals surface area (Å²) >= 11 is 0. The molecule has 0 bridgehead atoms. The Bertz CT molecular complexity index is 275. The third-order valence-electron chi connectivity index (χ3n) is 2.94. The Morgan fingerprint density at radius 1 is 1.50 bits per heavy atom. The van der Waals surface area contributed by atoms with Gasteiger partial charge < -0.3 is 5.32 Å². The smallest absolute Gasteiger partial charge is 0.140 e. The van der Waals surface area contributed by atoms with Crippen molar-refractivity contribution < 1.29 is 0 Å². The molecule has 1 heterocycles. The molecule has 4 heteroatoms. The third kappa shape index (κ3) is 2.12. The van der Waals surface area contributed by atoms with Crippen molar-refractivity contribution in [1.82, 2.24) is 20.1 Å². The summed E-state index contributed by atoms with van der Waals surface area (Å²) < 4.78 is 2.05. The van der Waals surface area contributed by atoms with E-state index in [-0.39, 0.29) is 0 Å². The lowest BCUT2D eigenvalue weighted by Crippen LogP contribution is -2.16. The Morgan fingerprint density at radius 3 is 3.00 bits per heavy atom. The van der Waals surface area contributed by atoms with Crippen molar-refractivity contribution in [3.8, 4) is 0 Å². The van der Waals surface area contributed by atoms with E-state index in [0.717, 1.165) is 24.8 Å². The second-order valence-corrected chi connectivity index (χ2v) is 4.04. The molecule has 0 amide bonds. The van der Waals surface area contributed by atoms with Gasteiger partial charge in [0.1, 0.15) is 12.2 Å². The van der Waals surface area contributed by atoms with Crippen LogP contribution in [0, 0.1) is 5.92 Å². The minimum Gasteiger partial charge on any atom is -0.313 e. The van der Waals surface area contributed by atoms with Crippen molar-refractivity contribution in [2.24, 2.45) is 5.92 Å². The standard InChI is InChI=1S/C10H18N4/c1-11-6-10-12-8-13-14(10)7-9-4-2-3-5-9/h8-9,11H,2-7H2,1H3. The second kappa shape index (κ2) is 4.55. The molecule has 0 aromatic carbocycles. The first-order chi connectivity index (χ1) is 6.90. The van der Waals surface area contributed by atoms with Crippen LogP contribution < -0.4 is 5.32 Å². The molecule has 0 saturated heterocycles. The van der Waals surface area contributed by atoms with E-state index in [4.69, 9.17) is 0 Å². The van der Waals surface area contributed by atoms with Gasteiger partial charge >= 0.3 is 0 Å². The minimum absolute atomic E-state index is 0.812. The van der Waals surface area contributed by atoms with Crippen LogP contribution in [0.4, 0.5) is 0 Å². The van der Waals surface area contributed by atoms with Crippen molar-refractivity contribution in [1.29, 1.82) is 0 Å².